The van der Waals surface area contributed by atoms with Crippen molar-refractivity contribution in [1.29, 1.82) is 0 Å². The molecule has 4 heteroatoms. The number of hydrogen-bond donors (Lipinski definition) is 0. The van der Waals surface area contributed by atoms with Crippen LogP contribution >= 0.6 is 47.8 Å². The number of pyridine rings is 1. The maximum Gasteiger partial charge on any atom is 0.0720 e. The van der Waals surface area contributed by atoms with Crippen LogP contribution in [0, 0.1) is 13.8 Å². The predicted octanol–water partition coefficient (Wildman–Crippen LogP) is 5.14. The maximum absolute atomic E-state index is 4.41. The van der Waals surface area contributed by atoms with Crippen molar-refractivity contribution in [3.8, 4) is 0 Å². The number of halogens is 3. The summed E-state index contributed by atoms with van der Waals surface area (Å²) >= 11 is 10.6. The number of aromatic nitrogens is 1. The molecule has 0 atom stereocenters. The molecule has 0 aliphatic carbocycles. The Bertz CT molecular complexity index is 549. The Morgan fingerprint density at radius 2 is 1.73 bits per heavy atom. The lowest BCUT2D eigenvalue weighted by molar-refractivity contribution is 1.31. The third-order valence-electron chi connectivity index (χ3n) is 2.41. The van der Waals surface area contributed by atoms with Crippen molar-refractivity contribution in [3.05, 3.63) is 36.8 Å². The Balaban J connectivity index is 3.00. The highest BCUT2D eigenvalue weighted by Crippen LogP contribution is 2.36. The van der Waals surface area contributed by atoms with Crippen LogP contribution in [-0.4, -0.2) is 4.98 Å². The first-order valence-electron chi connectivity index (χ1n) is 4.41. The van der Waals surface area contributed by atoms with E-state index in [0.29, 0.717) is 0 Å². The summed E-state index contributed by atoms with van der Waals surface area (Å²) in [6.45, 7) is 4.17. The molecule has 0 aliphatic rings. The maximum atomic E-state index is 4.41. The topological polar surface area (TPSA) is 12.9 Å². The average molecular weight is 394 g/mol. The molecule has 0 unspecified atom stereocenters. The third kappa shape index (κ3) is 1.87. The first kappa shape index (κ1) is 11.6. The van der Waals surface area contributed by atoms with Gasteiger partial charge in [-0.15, -0.1) is 0 Å². The minimum absolute atomic E-state index is 0.980. The van der Waals surface area contributed by atoms with E-state index >= 15 is 0 Å². The summed E-state index contributed by atoms with van der Waals surface area (Å²) in [5, 5.41) is 1.15. The number of nitrogens with zero attached hydrogens (tertiary/aromatic N) is 1. The molecule has 2 aromatic rings. The van der Waals surface area contributed by atoms with Crippen LogP contribution in [0.5, 0.6) is 0 Å². The van der Waals surface area contributed by atoms with E-state index in [0.717, 1.165) is 24.3 Å². The van der Waals surface area contributed by atoms with Gasteiger partial charge in [0.25, 0.3) is 0 Å². The summed E-state index contributed by atoms with van der Waals surface area (Å²) in [6, 6.07) is 2.09. The number of fused-ring (bicyclic) bond motifs is 1. The predicted molar refractivity (Wildman–Crippen MR) is 74.3 cm³/mol. The van der Waals surface area contributed by atoms with Gasteiger partial charge in [-0.05, 0) is 62.9 Å². The fraction of sp³-hybridized carbons (Fsp3) is 0.182. The summed E-state index contributed by atoms with van der Waals surface area (Å²) in [4.78, 5) is 4.41. The number of aryl methyl sites for hydroxylation is 2. The van der Waals surface area contributed by atoms with Crippen LogP contribution in [0.25, 0.3) is 10.9 Å². The first-order chi connectivity index (χ1) is 7.02. The molecular weight excluding hydrogens is 386 g/mol. The van der Waals surface area contributed by atoms with E-state index in [2.05, 4.69) is 72.7 Å². The van der Waals surface area contributed by atoms with Gasteiger partial charge in [-0.1, -0.05) is 15.9 Å². The monoisotopic (exact) mass is 391 g/mol. The van der Waals surface area contributed by atoms with Gasteiger partial charge in [0.1, 0.15) is 0 Å². The van der Waals surface area contributed by atoms with Crippen molar-refractivity contribution in [2.45, 2.75) is 13.8 Å². The second-order valence-electron chi connectivity index (χ2n) is 3.45. The Labute approximate surface area is 114 Å². The minimum Gasteiger partial charge on any atom is -0.255 e. The lowest BCUT2D eigenvalue weighted by Crippen LogP contribution is -1.89. The highest BCUT2D eigenvalue weighted by molar-refractivity contribution is 9.13. The van der Waals surface area contributed by atoms with Gasteiger partial charge in [0, 0.05) is 20.5 Å². The van der Waals surface area contributed by atoms with Crippen molar-refractivity contribution in [3.63, 3.8) is 0 Å². The summed E-state index contributed by atoms with van der Waals surface area (Å²) in [6.07, 6.45) is 1.82. The van der Waals surface area contributed by atoms with Crippen LogP contribution in [0.15, 0.2) is 25.7 Å². The van der Waals surface area contributed by atoms with E-state index < -0.39 is 0 Å². The highest BCUT2D eigenvalue weighted by Gasteiger charge is 2.11. The van der Waals surface area contributed by atoms with Crippen molar-refractivity contribution < 1.29 is 0 Å². The van der Waals surface area contributed by atoms with Gasteiger partial charge in [-0.2, -0.15) is 0 Å². The summed E-state index contributed by atoms with van der Waals surface area (Å²) in [7, 11) is 0. The van der Waals surface area contributed by atoms with Crippen molar-refractivity contribution in [2.75, 3.05) is 0 Å². The quantitative estimate of drug-likeness (QED) is 0.604. The zero-order valence-electron chi connectivity index (χ0n) is 8.24. The molecule has 15 heavy (non-hydrogen) atoms. The molecule has 1 aromatic heterocycles. The Hall–Kier alpha value is 0.0700. The summed E-state index contributed by atoms with van der Waals surface area (Å²) < 4.78 is 3.19. The smallest absolute Gasteiger partial charge is 0.0720 e. The van der Waals surface area contributed by atoms with E-state index in [-0.39, 0.29) is 0 Å². The molecule has 1 nitrogen and oxygen atoms in total. The SMILES string of the molecule is Cc1cc2ncc(Br)c(Br)c2c(C)c1Br. The molecule has 78 valence electrons. The Kier molecular flexibility index (Phi) is 3.20. The minimum atomic E-state index is 0.980. The van der Waals surface area contributed by atoms with Gasteiger partial charge in [-0.3, -0.25) is 4.98 Å². The van der Waals surface area contributed by atoms with Gasteiger partial charge in [0.15, 0.2) is 0 Å². The van der Waals surface area contributed by atoms with Crippen LogP contribution in [0.2, 0.25) is 0 Å². The Morgan fingerprint density at radius 1 is 1.07 bits per heavy atom. The van der Waals surface area contributed by atoms with Gasteiger partial charge in [0.05, 0.1) is 9.99 Å². The van der Waals surface area contributed by atoms with Gasteiger partial charge >= 0.3 is 0 Å². The molecule has 2 rings (SSSR count). The molecule has 0 saturated heterocycles. The van der Waals surface area contributed by atoms with Gasteiger partial charge in [0.2, 0.25) is 0 Å². The van der Waals surface area contributed by atoms with Gasteiger partial charge in [-0.25, -0.2) is 0 Å². The van der Waals surface area contributed by atoms with E-state index in [9.17, 15) is 0 Å². The summed E-state index contributed by atoms with van der Waals surface area (Å²) in [5.41, 5.74) is 3.44. The lowest BCUT2D eigenvalue weighted by atomic mass is 10.1. The van der Waals surface area contributed by atoms with Gasteiger partial charge < -0.3 is 0 Å². The second kappa shape index (κ2) is 4.15. The standard InChI is InChI=1S/C11H8Br3N/c1-5-3-8-9(6(2)10(5)13)11(14)7(12)4-15-8/h3-4H,1-2H3. The molecule has 1 heterocycles. The largest absolute Gasteiger partial charge is 0.255 e. The molecule has 0 N–H and O–H groups in total. The van der Waals surface area contributed by atoms with Crippen molar-refractivity contribution >= 4 is 58.7 Å². The van der Waals surface area contributed by atoms with Crippen molar-refractivity contribution in [1.82, 2.24) is 4.98 Å². The first-order valence-corrected chi connectivity index (χ1v) is 6.79. The van der Waals surface area contributed by atoms with Crippen LogP contribution in [-0.2, 0) is 0 Å². The molecule has 0 fully saturated rings. The molecule has 1 aromatic carbocycles. The zero-order chi connectivity index (χ0) is 11.2. The van der Waals surface area contributed by atoms with Crippen LogP contribution in [0.4, 0.5) is 0 Å². The third-order valence-corrected chi connectivity index (χ3v) is 5.58. The van der Waals surface area contributed by atoms with Crippen molar-refractivity contribution in [2.24, 2.45) is 0 Å². The molecular formula is C11H8Br3N. The second-order valence-corrected chi connectivity index (χ2v) is 5.89. The fourth-order valence-corrected chi connectivity index (χ4v) is 2.84. The molecule has 0 bridgehead atoms. The molecule has 0 spiro atoms. The van der Waals surface area contributed by atoms with E-state index in [1.807, 2.05) is 6.20 Å². The highest BCUT2D eigenvalue weighted by atomic mass is 79.9. The average Bonchev–Trinajstić information content (AvgIpc) is 2.20. The lowest BCUT2D eigenvalue weighted by Gasteiger charge is -2.10. The molecule has 0 saturated carbocycles. The molecule has 0 amide bonds. The molecule has 0 aliphatic heterocycles. The number of rotatable bonds is 0. The number of benzene rings is 1. The normalized spacial score (nSPS) is 11.0. The Morgan fingerprint density at radius 3 is 2.40 bits per heavy atom. The number of hydrogen-bond acceptors (Lipinski definition) is 1. The summed E-state index contributed by atoms with van der Waals surface area (Å²) in [5.74, 6) is 0. The van der Waals surface area contributed by atoms with E-state index in [1.54, 1.807) is 0 Å². The zero-order valence-corrected chi connectivity index (χ0v) is 13.0. The van der Waals surface area contributed by atoms with E-state index in [4.69, 9.17) is 0 Å². The van der Waals surface area contributed by atoms with Crippen LogP contribution in [0.1, 0.15) is 11.1 Å². The van der Waals surface area contributed by atoms with Crippen LogP contribution in [0.3, 0.4) is 0 Å². The van der Waals surface area contributed by atoms with E-state index in [1.165, 1.54) is 11.1 Å². The van der Waals surface area contributed by atoms with Crippen LogP contribution < -0.4 is 0 Å². The molecule has 0 radical (unpaired) electrons. The fourth-order valence-electron chi connectivity index (χ4n) is 1.62.